The van der Waals surface area contributed by atoms with Crippen LogP contribution in [0.25, 0.3) is 0 Å². The molecular weight excluding hydrogens is 426 g/mol. The van der Waals surface area contributed by atoms with E-state index in [9.17, 15) is 24.3 Å². The fourth-order valence-electron chi connectivity index (χ4n) is 3.12. The predicted molar refractivity (Wildman–Crippen MR) is 119 cm³/mol. The molecule has 8 nitrogen and oxygen atoms in total. The summed E-state index contributed by atoms with van der Waals surface area (Å²) in [4.78, 5) is 49.2. The summed E-state index contributed by atoms with van der Waals surface area (Å²) in [5, 5.41) is 9.18. The molecule has 3 rings (SSSR count). The molecule has 0 saturated carbocycles. The number of carboxylic acid groups (broad SMARTS) is 1. The zero-order chi connectivity index (χ0) is 24.0. The molecule has 1 N–H and O–H groups in total. The van der Waals surface area contributed by atoms with Gasteiger partial charge < -0.3 is 19.5 Å². The van der Waals surface area contributed by atoms with Crippen LogP contribution in [0.3, 0.4) is 0 Å². The van der Waals surface area contributed by atoms with Crippen LogP contribution in [0, 0.1) is 0 Å². The molecule has 0 fully saturated rings. The highest BCUT2D eigenvalue weighted by atomic mass is 16.5. The first-order valence-electron chi connectivity index (χ1n) is 9.94. The maximum Gasteiger partial charge on any atom is 0.335 e. The summed E-state index contributed by atoms with van der Waals surface area (Å²) >= 11 is 0. The zero-order valence-electron chi connectivity index (χ0n) is 18.0. The largest absolute Gasteiger partial charge is 0.478 e. The Bertz CT molecular complexity index is 1190. The Morgan fingerprint density at radius 1 is 0.818 bits per heavy atom. The van der Waals surface area contributed by atoms with Gasteiger partial charge in [-0.15, -0.1) is 0 Å². The minimum atomic E-state index is -1.08. The second kappa shape index (κ2) is 10.2. The predicted octanol–water partition coefficient (Wildman–Crippen LogP) is 4.08. The van der Waals surface area contributed by atoms with E-state index in [1.807, 2.05) is 30.3 Å². The van der Waals surface area contributed by atoms with Crippen molar-refractivity contribution in [1.29, 1.82) is 0 Å². The third-order valence-corrected chi connectivity index (χ3v) is 4.55. The Labute approximate surface area is 190 Å². The van der Waals surface area contributed by atoms with Crippen LogP contribution < -0.4 is 14.4 Å². The summed E-state index contributed by atoms with van der Waals surface area (Å²) < 4.78 is 10.3. The fraction of sp³-hybridized carbons (Fsp3) is 0.120. The van der Waals surface area contributed by atoms with Gasteiger partial charge in [-0.05, 0) is 42.0 Å². The third-order valence-electron chi connectivity index (χ3n) is 4.55. The topological polar surface area (TPSA) is 110 Å². The van der Waals surface area contributed by atoms with E-state index < -0.39 is 23.8 Å². The van der Waals surface area contributed by atoms with Crippen LogP contribution in [-0.4, -0.2) is 28.9 Å². The van der Waals surface area contributed by atoms with E-state index >= 15 is 0 Å². The Morgan fingerprint density at radius 2 is 1.45 bits per heavy atom. The molecule has 0 aliphatic carbocycles. The van der Waals surface area contributed by atoms with Crippen LogP contribution >= 0.6 is 0 Å². The number of hydrogen-bond acceptors (Lipinski definition) is 6. The van der Waals surface area contributed by atoms with Crippen LogP contribution in [0.4, 0.5) is 5.69 Å². The van der Waals surface area contributed by atoms with Crippen molar-refractivity contribution < 1.29 is 33.8 Å². The number of carbonyl (C=O) groups excluding carboxylic acids is 3. The number of amides is 1. The molecular formula is C25H21NO7. The molecule has 1 amide bonds. The lowest BCUT2D eigenvalue weighted by Crippen LogP contribution is -2.31. The summed E-state index contributed by atoms with van der Waals surface area (Å²) in [5.74, 6) is -2.73. The van der Waals surface area contributed by atoms with Gasteiger partial charge in [0.15, 0.2) is 0 Å². The Balaban J connectivity index is 2.05. The number of carboxylic acids is 1. The van der Waals surface area contributed by atoms with E-state index in [1.165, 1.54) is 61.2 Å². The smallest absolute Gasteiger partial charge is 0.335 e. The molecule has 0 aliphatic heterocycles. The monoisotopic (exact) mass is 447 g/mol. The number of hydrogen-bond donors (Lipinski definition) is 1. The quantitative estimate of drug-likeness (QED) is 0.429. The van der Waals surface area contributed by atoms with Gasteiger partial charge in [-0.3, -0.25) is 14.4 Å². The molecule has 0 heterocycles. The Kier molecular flexibility index (Phi) is 7.20. The molecule has 0 bridgehead atoms. The number of carbonyl (C=O) groups is 4. The molecule has 8 heteroatoms. The van der Waals surface area contributed by atoms with E-state index in [2.05, 4.69) is 0 Å². The van der Waals surface area contributed by atoms with E-state index in [4.69, 9.17) is 9.47 Å². The zero-order valence-corrected chi connectivity index (χ0v) is 18.0. The molecule has 33 heavy (non-hydrogen) atoms. The standard InChI is InChI=1S/C25H21NO7/c1-16(27)32-21-12-13-22(23(14-21)33-17(2)28)24(29)26(15-18-6-4-3-5-7-18)20-10-8-19(9-11-20)25(30)31/h3-14H,15H2,1-2H3,(H,30,31). The maximum absolute atomic E-state index is 13.6. The molecule has 0 radical (unpaired) electrons. The number of benzene rings is 3. The minimum absolute atomic E-state index is 0.0635. The SMILES string of the molecule is CC(=O)Oc1ccc(C(=O)N(Cc2ccccc2)c2ccc(C(=O)O)cc2)c(OC(C)=O)c1. The van der Waals surface area contributed by atoms with Gasteiger partial charge in [-0.25, -0.2) is 4.79 Å². The van der Waals surface area contributed by atoms with Crippen molar-refractivity contribution in [3.63, 3.8) is 0 Å². The Morgan fingerprint density at radius 3 is 2.03 bits per heavy atom. The van der Waals surface area contributed by atoms with Crippen molar-refractivity contribution >= 4 is 29.5 Å². The summed E-state index contributed by atoms with van der Waals surface area (Å²) in [7, 11) is 0. The second-order valence-electron chi connectivity index (χ2n) is 7.07. The number of ether oxygens (including phenoxy) is 2. The molecule has 168 valence electrons. The molecule has 3 aromatic rings. The number of rotatable bonds is 7. The highest BCUT2D eigenvalue weighted by Gasteiger charge is 2.24. The van der Waals surface area contributed by atoms with Gasteiger partial charge in [0.1, 0.15) is 11.5 Å². The van der Waals surface area contributed by atoms with Crippen LogP contribution in [0.1, 0.15) is 40.1 Å². The van der Waals surface area contributed by atoms with Crippen LogP contribution in [-0.2, 0) is 16.1 Å². The van der Waals surface area contributed by atoms with Crippen molar-refractivity contribution in [3.05, 3.63) is 89.5 Å². The van der Waals surface area contributed by atoms with E-state index in [0.29, 0.717) is 5.69 Å². The normalized spacial score (nSPS) is 10.2. The van der Waals surface area contributed by atoms with Crippen molar-refractivity contribution in [2.45, 2.75) is 20.4 Å². The van der Waals surface area contributed by atoms with Gasteiger partial charge in [0.05, 0.1) is 17.7 Å². The van der Waals surface area contributed by atoms with Gasteiger partial charge >= 0.3 is 17.9 Å². The summed E-state index contributed by atoms with van der Waals surface area (Å²) in [6.07, 6.45) is 0. The third kappa shape index (κ3) is 6.04. The maximum atomic E-state index is 13.6. The first-order chi connectivity index (χ1) is 15.7. The van der Waals surface area contributed by atoms with E-state index in [0.717, 1.165) is 5.56 Å². The molecule has 3 aromatic carbocycles. The van der Waals surface area contributed by atoms with Crippen LogP contribution in [0.2, 0.25) is 0 Å². The van der Waals surface area contributed by atoms with Crippen molar-refractivity contribution in [2.24, 2.45) is 0 Å². The molecule has 0 unspecified atom stereocenters. The lowest BCUT2D eigenvalue weighted by Gasteiger charge is -2.24. The highest BCUT2D eigenvalue weighted by Crippen LogP contribution is 2.29. The lowest BCUT2D eigenvalue weighted by molar-refractivity contribution is -0.132. The number of nitrogens with zero attached hydrogens (tertiary/aromatic N) is 1. The summed E-state index contributed by atoms with van der Waals surface area (Å²) in [6.45, 7) is 2.60. The van der Waals surface area contributed by atoms with E-state index in [1.54, 1.807) is 0 Å². The van der Waals surface area contributed by atoms with Crippen molar-refractivity contribution in [2.75, 3.05) is 4.90 Å². The van der Waals surface area contributed by atoms with Gasteiger partial charge in [-0.1, -0.05) is 30.3 Å². The summed E-state index contributed by atoms with van der Waals surface area (Å²) in [6, 6.07) is 19.2. The Hall–Kier alpha value is -4.46. The first kappa shape index (κ1) is 23.2. The number of anilines is 1. The molecule has 0 aromatic heterocycles. The molecule has 0 aliphatic rings. The average molecular weight is 447 g/mol. The number of aromatic carboxylic acids is 1. The minimum Gasteiger partial charge on any atom is -0.478 e. The average Bonchev–Trinajstić information content (AvgIpc) is 2.77. The van der Waals surface area contributed by atoms with E-state index in [-0.39, 0.29) is 29.2 Å². The van der Waals surface area contributed by atoms with Gasteiger partial charge in [-0.2, -0.15) is 0 Å². The van der Waals surface area contributed by atoms with Gasteiger partial charge in [0.2, 0.25) is 0 Å². The van der Waals surface area contributed by atoms with Gasteiger partial charge in [0, 0.05) is 25.6 Å². The van der Waals surface area contributed by atoms with Crippen molar-refractivity contribution in [3.8, 4) is 11.5 Å². The van der Waals surface area contributed by atoms with Gasteiger partial charge in [0.25, 0.3) is 5.91 Å². The molecule has 0 saturated heterocycles. The second-order valence-corrected chi connectivity index (χ2v) is 7.07. The molecule has 0 spiro atoms. The fourth-order valence-corrected chi connectivity index (χ4v) is 3.12. The van der Waals surface area contributed by atoms with Crippen molar-refractivity contribution in [1.82, 2.24) is 0 Å². The molecule has 0 atom stereocenters. The highest BCUT2D eigenvalue weighted by molar-refractivity contribution is 6.08. The first-order valence-corrected chi connectivity index (χ1v) is 9.94. The van der Waals surface area contributed by atoms with Crippen LogP contribution in [0.15, 0.2) is 72.8 Å². The van der Waals surface area contributed by atoms with Crippen LogP contribution in [0.5, 0.6) is 11.5 Å². The number of esters is 2. The summed E-state index contributed by atoms with van der Waals surface area (Å²) in [5.41, 5.74) is 1.43. The lowest BCUT2D eigenvalue weighted by atomic mass is 10.1.